The number of aliphatic hydroxyl groups excluding tert-OH is 1. The van der Waals surface area contributed by atoms with Gasteiger partial charge in [-0.15, -0.1) is 0 Å². The van der Waals surface area contributed by atoms with Crippen LogP contribution in [0.1, 0.15) is 10.4 Å². The number of rotatable bonds is 4. The number of amides is 1. The lowest BCUT2D eigenvalue weighted by molar-refractivity contribution is -0.146. The maximum atomic E-state index is 13.3. The Morgan fingerprint density at radius 1 is 1.47 bits per heavy atom. The van der Waals surface area contributed by atoms with E-state index in [1.807, 2.05) is 0 Å². The van der Waals surface area contributed by atoms with E-state index < -0.39 is 30.3 Å². The average Bonchev–Trinajstić information content (AvgIpc) is 2.25. The Kier molecular flexibility index (Phi) is 4.42. The fourth-order valence-corrected chi connectivity index (χ4v) is 1.20. The number of aliphatic carboxylic acids is 1. The molecule has 7 heteroatoms. The fourth-order valence-electron chi connectivity index (χ4n) is 1.05. The number of hydrogen-bond donors (Lipinski definition) is 3. The van der Waals surface area contributed by atoms with Crippen LogP contribution in [0.15, 0.2) is 18.2 Å². The van der Waals surface area contributed by atoms with E-state index in [-0.39, 0.29) is 10.6 Å². The van der Waals surface area contributed by atoms with Gasteiger partial charge in [0.2, 0.25) is 0 Å². The van der Waals surface area contributed by atoms with Gasteiger partial charge in [0.15, 0.2) is 6.10 Å². The van der Waals surface area contributed by atoms with E-state index in [1.165, 1.54) is 12.1 Å². The highest BCUT2D eigenvalue weighted by molar-refractivity contribution is 6.30. The number of nitrogens with one attached hydrogen (secondary N) is 1. The Labute approximate surface area is 101 Å². The Balaban J connectivity index is 2.67. The molecule has 0 heterocycles. The molecule has 0 bridgehead atoms. The molecule has 0 saturated carbocycles. The number of aliphatic hydroxyl groups is 1. The van der Waals surface area contributed by atoms with E-state index in [2.05, 4.69) is 5.32 Å². The fraction of sp³-hybridized carbons (Fsp3) is 0.200. The van der Waals surface area contributed by atoms with Crippen molar-refractivity contribution in [2.45, 2.75) is 6.10 Å². The maximum Gasteiger partial charge on any atom is 0.334 e. The zero-order chi connectivity index (χ0) is 13.0. The van der Waals surface area contributed by atoms with Gasteiger partial charge in [0.25, 0.3) is 5.91 Å². The SMILES string of the molecule is O=C(NC[C@H](O)C(=O)O)c1ccc(Cl)cc1F. The van der Waals surface area contributed by atoms with Gasteiger partial charge in [-0.2, -0.15) is 0 Å². The monoisotopic (exact) mass is 261 g/mol. The summed E-state index contributed by atoms with van der Waals surface area (Å²) in [6, 6.07) is 3.46. The Hall–Kier alpha value is -1.66. The van der Waals surface area contributed by atoms with Crippen LogP contribution in [0.2, 0.25) is 5.02 Å². The van der Waals surface area contributed by atoms with E-state index in [9.17, 15) is 14.0 Å². The molecule has 1 rings (SSSR count). The van der Waals surface area contributed by atoms with Gasteiger partial charge in [-0.1, -0.05) is 11.6 Å². The Morgan fingerprint density at radius 2 is 2.12 bits per heavy atom. The third-order valence-corrected chi connectivity index (χ3v) is 2.15. The highest BCUT2D eigenvalue weighted by Crippen LogP contribution is 2.14. The van der Waals surface area contributed by atoms with Gasteiger partial charge in [-0.25, -0.2) is 9.18 Å². The van der Waals surface area contributed by atoms with E-state index in [1.54, 1.807) is 0 Å². The first-order valence-electron chi connectivity index (χ1n) is 4.56. The van der Waals surface area contributed by atoms with Crippen LogP contribution in [0.4, 0.5) is 4.39 Å². The molecule has 0 unspecified atom stereocenters. The topological polar surface area (TPSA) is 86.6 Å². The minimum atomic E-state index is -1.73. The van der Waals surface area contributed by atoms with Crippen LogP contribution in [-0.2, 0) is 4.79 Å². The highest BCUT2D eigenvalue weighted by atomic mass is 35.5. The van der Waals surface area contributed by atoms with Crippen molar-refractivity contribution in [1.82, 2.24) is 5.32 Å². The number of carbonyl (C=O) groups excluding carboxylic acids is 1. The molecule has 0 aliphatic heterocycles. The molecule has 92 valence electrons. The van der Waals surface area contributed by atoms with Crippen molar-refractivity contribution in [2.24, 2.45) is 0 Å². The van der Waals surface area contributed by atoms with Crippen molar-refractivity contribution in [3.05, 3.63) is 34.6 Å². The zero-order valence-corrected chi connectivity index (χ0v) is 9.24. The molecule has 0 saturated heterocycles. The van der Waals surface area contributed by atoms with Crippen LogP contribution in [-0.4, -0.2) is 34.7 Å². The molecule has 1 atom stereocenters. The summed E-state index contributed by atoms with van der Waals surface area (Å²) in [5.74, 6) is -3.11. The van der Waals surface area contributed by atoms with Gasteiger partial charge in [0.05, 0.1) is 12.1 Å². The molecule has 0 spiro atoms. The minimum absolute atomic E-state index is 0.143. The molecule has 0 aromatic heterocycles. The first-order chi connectivity index (χ1) is 7.91. The molecule has 0 fully saturated rings. The molecular formula is C10H9ClFNO4. The largest absolute Gasteiger partial charge is 0.479 e. The summed E-state index contributed by atoms with van der Waals surface area (Å²) in [5.41, 5.74) is -0.271. The standard InChI is InChI=1S/C10H9ClFNO4/c11-5-1-2-6(7(12)3-5)9(15)13-4-8(14)10(16)17/h1-3,8,14H,4H2,(H,13,15)(H,16,17)/t8-/m0/s1. The lowest BCUT2D eigenvalue weighted by atomic mass is 10.2. The average molecular weight is 262 g/mol. The van der Waals surface area contributed by atoms with Crippen LogP contribution in [0, 0.1) is 5.82 Å². The number of halogens is 2. The van der Waals surface area contributed by atoms with Crippen molar-refractivity contribution in [3.8, 4) is 0 Å². The molecule has 1 aromatic carbocycles. The molecule has 5 nitrogen and oxygen atoms in total. The second-order valence-electron chi connectivity index (χ2n) is 3.19. The number of hydrogen-bond acceptors (Lipinski definition) is 3. The molecule has 0 aliphatic carbocycles. The van der Waals surface area contributed by atoms with Crippen molar-refractivity contribution >= 4 is 23.5 Å². The van der Waals surface area contributed by atoms with Crippen molar-refractivity contribution in [3.63, 3.8) is 0 Å². The van der Waals surface area contributed by atoms with Crippen molar-refractivity contribution < 1.29 is 24.2 Å². The van der Waals surface area contributed by atoms with Gasteiger partial charge in [0, 0.05) is 5.02 Å². The lowest BCUT2D eigenvalue weighted by Crippen LogP contribution is -2.36. The predicted molar refractivity (Wildman–Crippen MR) is 57.4 cm³/mol. The molecule has 3 N–H and O–H groups in total. The Morgan fingerprint density at radius 3 is 2.65 bits per heavy atom. The molecule has 0 radical (unpaired) electrons. The summed E-state index contributed by atoms with van der Waals surface area (Å²) in [5, 5.41) is 19.5. The van der Waals surface area contributed by atoms with Crippen LogP contribution in [0.25, 0.3) is 0 Å². The molecule has 0 aliphatic rings. The first kappa shape index (κ1) is 13.4. The quantitative estimate of drug-likeness (QED) is 0.743. The predicted octanol–water partition coefficient (Wildman–Crippen LogP) is 0.654. The third-order valence-electron chi connectivity index (χ3n) is 1.92. The summed E-state index contributed by atoms with van der Waals surface area (Å²) in [6.45, 7) is -0.504. The van der Waals surface area contributed by atoms with Crippen LogP contribution < -0.4 is 5.32 Å². The van der Waals surface area contributed by atoms with Gasteiger partial charge >= 0.3 is 5.97 Å². The van der Waals surface area contributed by atoms with Gasteiger partial charge in [0.1, 0.15) is 5.82 Å². The molecule has 1 aromatic rings. The summed E-state index contributed by atoms with van der Waals surface area (Å²) in [7, 11) is 0. The Bertz CT molecular complexity index is 452. The molecule has 1 amide bonds. The normalized spacial score (nSPS) is 11.9. The smallest absolute Gasteiger partial charge is 0.334 e. The number of carboxylic acids is 1. The van der Waals surface area contributed by atoms with E-state index in [4.69, 9.17) is 21.8 Å². The maximum absolute atomic E-state index is 13.3. The zero-order valence-electron chi connectivity index (χ0n) is 8.48. The summed E-state index contributed by atoms with van der Waals surface area (Å²) in [6.07, 6.45) is -1.73. The number of carboxylic acid groups (broad SMARTS) is 1. The lowest BCUT2D eigenvalue weighted by Gasteiger charge is -2.08. The minimum Gasteiger partial charge on any atom is -0.479 e. The summed E-state index contributed by atoms with van der Waals surface area (Å²) < 4.78 is 13.3. The van der Waals surface area contributed by atoms with Gasteiger partial charge in [-0.05, 0) is 18.2 Å². The van der Waals surface area contributed by atoms with Crippen LogP contribution in [0.5, 0.6) is 0 Å². The van der Waals surface area contributed by atoms with Gasteiger partial charge < -0.3 is 15.5 Å². The van der Waals surface area contributed by atoms with E-state index in [0.29, 0.717) is 0 Å². The van der Waals surface area contributed by atoms with Crippen LogP contribution in [0.3, 0.4) is 0 Å². The van der Waals surface area contributed by atoms with Gasteiger partial charge in [-0.3, -0.25) is 4.79 Å². The summed E-state index contributed by atoms with van der Waals surface area (Å²) >= 11 is 5.50. The van der Waals surface area contributed by atoms with Crippen LogP contribution >= 0.6 is 11.6 Å². The van der Waals surface area contributed by atoms with Crippen molar-refractivity contribution in [1.29, 1.82) is 0 Å². The molecule has 17 heavy (non-hydrogen) atoms. The number of carbonyl (C=O) groups is 2. The highest BCUT2D eigenvalue weighted by Gasteiger charge is 2.16. The van der Waals surface area contributed by atoms with E-state index in [0.717, 1.165) is 6.07 Å². The number of benzene rings is 1. The first-order valence-corrected chi connectivity index (χ1v) is 4.93. The third kappa shape index (κ3) is 3.69. The summed E-state index contributed by atoms with van der Waals surface area (Å²) in [4.78, 5) is 21.7. The van der Waals surface area contributed by atoms with E-state index >= 15 is 0 Å². The molecular weight excluding hydrogens is 253 g/mol. The second-order valence-corrected chi connectivity index (χ2v) is 3.62. The van der Waals surface area contributed by atoms with Crippen molar-refractivity contribution in [2.75, 3.05) is 6.54 Å². The second kappa shape index (κ2) is 5.60.